The van der Waals surface area contributed by atoms with E-state index >= 15 is 0 Å². The molecular weight excluding hydrogens is 214 g/mol. The van der Waals surface area contributed by atoms with E-state index in [9.17, 15) is 0 Å². The van der Waals surface area contributed by atoms with Gasteiger partial charge in [0.2, 0.25) is 11.3 Å². The second kappa shape index (κ2) is 4.41. The van der Waals surface area contributed by atoms with Crippen LogP contribution in [0, 0.1) is 12.3 Å². The molecule has 1 aromatic carbocycles. The van der Waals surface area contributed by atoms with E-state index < -0.39 is 0 Å². The minimum absolute atomic E-state index is 0.179. The first-order valence-electron chi connectivity index (χ1n) is 5.68. The molecule has 0 amide bonds. The molecule has 3 rings (SSSR count). The highest BCUT2D eigenvalue weighted by atomic mass is 16.3. The normalized spacial score (nSPS) is 10.3. The van der Waals surface area contributed by atoms with Gasteiger partial charge in [-0.1, -0.05) is 26.0 Å². The molecule has 0 aliphatic carbocycles. The van der Waals surface area contributed by atoms with Crippen LogP contribution in [-0.4, -0.2) is 9.61 Å². The van der Waals surface area contributed by atoms with E-state index in [1.54, 1.807) is 4.52 Å². The van der Waals surface area contributed by atoms with Crippen LogP contribution < -0.4 is 5.55 Å². The molecule has 88 valence electrons. The summed E-state index contributed by atoms with van der Waals surface area (Å²) in [6, 6.07) is 9.43. The largest absolute Gasteiger partial charge is 0.420 e. The fourth-order valence-electron chi connectivity index (χ4n) is 1.73. The molecule has 0 aliphatic heterocycles. The van der Waals surface area contributed by atoms with Crippen molar-refractivity contribution in [3.8, 4) is 0 Å². The molecule has 4 heteroatoms. The molecule has 2 aromatic heterocycles. The van der Waals surface area contributed by atoms with Crippen LogP contribution in [0.3, 0.4) is 0 Å². The van der Waals surface area contributed by atoms with Crippen LogP contribution in [0.2, 0.25) is 0 Å². The molecule has 0 radical (unpaired) electrons. The number of para-hydroxylation sites is 1. The Morgan fingerprint density at radius 1 is 1.24 bits per heavy atom. The molecular formula is C13H15N3O. The van der Waals surface area contributed by atoms with Crippen molar-refractivity contribution in [1.29, 1.82) is 5.41 Å². The summed E-state index contributed by atoms with van der Waals surface area (Å²) in [4.78, 5) is 0. The van der Waals surface area contributed by atoms with Crippen molar-refractivity contribution in [1.82, 2.24) is 9.61 Å². The summed E-state index contributed by atoms with van der Waals surface area (Å²) in [5.74, 6) is 0. The van der Waals surface area contributed by atoms with Gasteiger partial charge >= 0.3 is 0 Å². The van der Waals surface area contributed by atoms with Crippen LogP contribution in [0.5, 0.6) is 0 Å². The summed E-state index contributed by atoms with van der Waals surface area (Å²) in [5.41, 5.74) is 2.57. The first-order valence-corrected chi connectivity index (χ1v) is 5.68. The Balaban J connectivity index is 0.000000514. The fourth-order valence-corrected chi connectivity index (χ4v) is 1.73. The zero-order valence-corrected chi connectivity index (χ0v) is 10.2. The smallest absolute Gasteiger partial charge is 0.224 e. The molecule has 0 saturated heterocycles. The highest BCUT2D eigenvalue weighted by molar-refractivity contribution is 5.78. The summed E-state index contributed by atoms with van der Waals surface area (Å²) < 4.78 is 7.09. The molecule has 0 fully saturated rings. The Kier molecular flexibility index (Phi) is 2.95. The van der Waals surface area contributed by atoms with Gasteiger partial charge in [0.1, 0.15) is 0 Å². The van der Waals surface area contributed by atoms with Gasteiger partial charge in [-0.2, -0.15) is 9.61 Å². The predicted octanol–water partition coefficient (Wildman–Crippen LogP) is 2.89. The summed E-state index contributed by atoms with van der Waals surface area (Å²) in [6.45, 7) is 5.90. The zero-order chi connectivity index (χ0) is 12.4. The van der Waals surface area contributed by atoms with E-state index in [4.69, 9.17) is 9.83 Å². The Hall–Kier alpha value is -2.10. The minimum Gasteiger partial charge on any atom is -0.420 e. The Bertz CT molecular complexity index is 709. The molecule has 0 saturated carbocycles. The summed E-state index contributed by atoms with van der Waals surface area (Å²) in [6.07, 6.45) is 0. The summed E-state index contributed by atoms with van der Waals surface area (Å²) in [7, 11) is 0. The van der Waals surface area contributed by atoms with Gasteiger partial charge in [0, 0.05) is 6.07 Å². The molecule has 4 nitrogen and oxygen atoms in total. The van der Waals surface area contributed by atoms with Crippen molar-refractivity contribution in [2.45, 2.75) is 20.8 Å². The van der Waals surface area contributed by atoms with Gasteiger partial charge in [-0.3, -0.25) is 5.41 Å². The zero-order valence-electron chi connectivity index (χ0n) is 10.2. The van der Waals surface area contributed by atoms with Gasteiger partial charge in [-0.05, 0) is 19.1 Å². The lowest BCUT2D eigenvalue weighted by molar-refractivity contribution is 0.518. The van der Waals surface area contributed by atoms with Crippen LogP contribution >= 0.6 is 0 Å². The first kappa shape index (κ1) is 11.4. The Morgan fingerprint density at radius 3 is 2.71 bits per heavy atom. The van der Waals surface area contributed by atoms with E-state index in [2.05, 4.69) is 5.10 Å². The van der Waals surface area contributed by atoms with Gasteiger partial charge in [0.15, 0.2) is 0 Å². The third-order valence-corrected chi connectivity index (χ3v) is 2.38. The van der Waals surface area contributed by atoms with Gasteiger partial charge in [0.25, 0.3) is 0 Å². The minimum atomic E-state index is 0.179. The van der Waals surface area contributed by atoms with Gasteiger partial charge in [0.05, 0.1) is 16.6 Å². The van der Waals surface area contributed by atoms with Crippen molar-refractivity contribution in [2.24, 2.45) is 0 Å². The van der Waals surface area contributed by atoms with Crippen LogP contribution in [0.25, 0.3) is 16.6 Å². The van der Waals surface area contributed by atoms with Gasteiger partial charge in [-0.15, -0.1) is 0 Å². The summed E-state index contributed by atoms with van der Waals surface area (Å²) >= 11 is 0. The molecule has 0 aliphatic rings. The quantitative estimate of drug-likeness (QED) is 0.644. The average Bonchev–Trinajstić information content (AvgIpc) is 2.73. The van der Waals surface area contributed by atoms with E-state index in [-0.39, 0.29) is 5.55 Å². The van der Waals surface area contributed by atoms with Crippen molar-refractivity contribution < 1.29 is 4.42 Å². The second-order valence-corrected chi connectivity index (χ2v) is 3.48. The monoisotopic (exact) mass is 229 g/mol. The molecule has 17 heavy (non-hydrogen) atoms. The third-order valence-electron chi connectivity index (χ3n) is 2.38. The van der Waals surface area contributed by atoms with Gasteiger partial charge < -0.3 is 4.42 Å². The molecule has 0 bridgehead atoms. The lowest BCUT2D eigenvalue weighted by atomic mass is 10.2. The highest BCUT2D eigenvalue weighted by Crippen LogP contribution is 2.13. The van der Waals surface area contributed by atoms with Crippen LogP contribution in [0.15, 0.2) is 34.7 Å². The predicted molar refractivity (Wildman–Crippen MR) is 66.9 cm³/mol. The fraction of sp³-hybridized carbons (Fsp3) is 0.231. The number of nitrogens with zero attached hydrogens (tertiary/aromatic N) is 2. The van der Waals surface area contributed by atoms with Gasteiger partial charge in [-0.25, -0.2) is 0 Å². The highest BCUT2D eigenvalue weighted by Gasteiger charge is 2.05. The maximum atomic E-state index is 7.75. The number of rotatable bonds is 0. The Morgan fingerprint density at radius 2 is 1.94 bits per heavy atom. The van der Waals surface area contributed by atoms with Crippen LogP contribution in [0.4, 0.5) is 0 Å². The number of fused-ring (bicyclic) bond motifs is 3. The van der Waals surface area contributed by atoms with E-state index in [1.807, 2.05) is 51.1 Å². The lowest BCUT2D eigenvalue weighted by Crippen LogP contribution is -2.04. The molecule has 2 heterocycles. The molecule has 0 atom stereocenters. The Labute approximate surface area is 99.0 Å². The maximum Gasteiger partial charge on any atom is 0.224 e. The van der Waals surface area contributed by atoms with E-state index in [1.165, 1.54) is 0 Å². The topological polar surface area (TPSA) is 54.3 Å². The van der Waals surface area contributed by atoms with Crippen molar-refractivity contribution >= 4 is 16.6 Å². The average molecular weight is 229 g/mol. The standard InChI is InChI=1S/C11H9N3O.C2H6/c1-7-6-10-14(13-7)9-5-3-2-4-8(9)11(12)15-10;1-2/h2-6,12H,1H3;1-2H3. The van der Waals surface area contributed by atoms with Crippen molar-refractivity contribution in [3.63, 3.8) is 0 Å². The number of aryl methyl sites for hydroxylation is 1. The van der Waals surface area contributed by atoms with E-state index in [0.29, 0.717) is 5.71 Å². The number of hydrogen-bond acceptors (Lipinski definition) is 3. The molecule has 0 spiro atoms. The number of nitrogens with one attached hydrogen (secondary N) is 1. The molecule has 3 aromatic rings. The maximum absolute atomic E-state index is 7.75. The number of hydrogen-bond donors (Lipinski definition) is 1. The number of aromatic nitrogens is 2. The van der Waals surface area contributed by atoms with Crippen molar-refractivity contribution in [2.75, 3.05) is 0 Å². The number of benzene rings is 1. The molecule has 0 unspecified atom stereocenters. The summed E-state index contributed by atoms with van der Waals surface area (Å²) in [5, 5.41) is 12.8. The second-order valence-electron chi connectivity index (χ2n) is 3.48. The van der Waals surface area contributed by atoms with E-state index in [0.717, 1.165) is 16.6 Å². The molecule has 1 N–H and O–H groups in total. The van der Waals surface area contributed by atoms with Crippen molar-refractivity contribution in [3.05, 3.63) is 41.6 Å². The van der Waals surface area contributed by atoms with Crippen LogP contribution in [0.1, 0.15) is 19.5 Å². The SMILES string of the molecule is CC.Cc1cc2oc(=N)c3ccccc3n2n1. The first-order chi connectivity index (χ1) is 8.25. The van der Waals surface area contributed by atoms with Crippen LogP contribution in [-0.2, 0) is 0 Å². The third kappa shape index (κ3) is 1.82. The lowest BCUT2D eigenvalue weighted by Gasteiger charge is -1.99.